The van der Waals surface area contributed by atoms with Gasteiger partial charge >= 0.3 is 0 Å². The van der Waals surface area contributed by atoms with Crippen molar-refractivity contribution in [1.29, 1.82) is 0 Å². The van der Waals surface area contributed by atoms with Gasteiger partial charge in [0, 0.05) is 30.1 Å². The molecule has 0 saturated heterocycles. The number of nitrogens with zero attached hydrogens (tertiary/aromatic N) is 1. The van der Waals surface area contributed by atoms with Crippen LogP contribution >= 0.6 is 22.9 Å². The predicted octanol–water partition coefficient (Wildman–Crippen LogP) is 3.09. The fourth-order valence-electron chi connectivity index (χ4n) is 1.68. The lowest BCUT2D eigenvalue weighted by Gasteiger charge is -2.07. The molecule has 6 heteroatoms. The van der Waals surface area contributed by atoms with Crippen LogP contribution in [0, 0.1) is 5.92 Å². The first-order valence-electron chi connectivity index (χ1n) is 6.80. The van der Waals surface area contributed by atoms with Crippen molar-refractivity contribution in [1.82, 2.24) is 10.3 Å². The van der Waals surface area contributed by atoms with Crippen LogP contribution in [0.5, 0.6) is 5.75 Å². The number of aliphatic hydroxyl groups excluding tert-OH is 1. The fourth-order valence-corrected chi connectivity index (χ4v) is 2.51. The summed E-state index contributed by atoms with van der Waals surface area (Å²) in [6.07, 6.45) is 0. The zero-order valence-corrected chi connectivity index (χ0v) is 13.5. The Kier molecular flexibility index (Phi) is 6.45. The number of hydrogen-bond acceptors (Lipinski definition) is 5. The summed E-state index contributed by atoms with van der Waals surface area (Å²) in [7, 11) is 0. The molecule has 1 atom stereocenters. The van der Waals surface area contributed by atoms with Gasteiger partial charge < -0.3 is 15.2 Å². The van der Waals surface area contributed by atoms with E-state index in [1.165, 1.54) is 0 Å². The van der Waals surface area contributed by atoms with Gasteiger partial charge in [-0.1, -0.05) is 18.5 Å². The second kappa shape index (κ2) is 8.34. The highest BCUT2D eigenvalue weighted by molar-refractivity contribution is 7.09. The molecule has 1 aromatic heterocycles. The van der Waals surface area contributed by atoms with Crippen molar-refractivity contribution in [3.05, 3.63) is 45.4 Å². The summed E-state index contributed by atoms with van der Waals surface area (Å²) in [4.78, 5) is 4.51. The summed E-state index contributed by atoms with van der Waals surface area (Å²) in [5.74, 6) is 1.04. The van der Waals surface area contributed by atoms with Gasteiger partial charge in [0.25, 0.3) is 0 Å². The summed E-state index contributed by atoms with van der Waals surface area (Å²) in [5.41, 5.74) is 1.000. The maximum Gasteiger partial charge on any atom is 0.140 e. The minimum Gasteiger partial charge on any atom is -0.486 e. The average molecular weight is 327 g/mol. The number of hydrogen-bond donors (Lipinski definition) is 2. The molecule has 0 aliphatic carbocycles. The van der Waals surface area contributed by atoms with E-state index in [4.69, 9.17) is 21.4 Å². The number of nitrogens with one attached hydrogen (secondary N) is 1. The van der Waals surface area contributed by atoms with Crippen LogP contribution in [0.4, 0.5) is 0 Å². The number of thiazole rings is 1. The second-order valence-corrected chi connectivity index (χ2v) is 6.27. The Balaban J connectivity index is 1.76. The molecule has 0 spiro atoms. The standard InChI is InChI=1S/C15H19ClN2O2S/c1-11(8-19)6-17-7-13-10-21-15(18-13)9-20-14-4-2-12(16)3-5-14/h2-5,10-11,17,19H,6-9H2,1H3. The van der Waals surface area contributed by atoms with E-state index < -0.39 is 0 Å². The molecule has 114 valence electrons. The summed E-state index contributed by atoms with van der Waals surface area (Å²) in [6.45, 7) is 4.15. The molecule has 21 heavy (non-hydrogen) atoms. The fraction of sp³-hybridized carbons (Fsp3) is 0.400. The maximum atomic E-state index is 8.95. The molecule has 0 aliphatic rings. The highest BCUT2D eigenvalue weighted by atomic mass is 35.5. The van der Waals surface area contributed by atoms with Crippen LogP contribution in [0.3, 0.4) is 0 Å². The van der Waals surface area contributed by atoms with Crippen molar-refractivity contribution in [2.45, 2.75) is 20.1 Å². The molecule has 0 radical (unpaired) electrons. The van der Waals surface area contributed by atoms with Crippen LogP contribution in [-0.2, 0) is 13.2 Å². The van der Waals surface area contributed by atoms with Gasteiger partial charge in [-0.05, 0) is 30.2 Å². The van der Waals surface area contributed by atoms with Crippen LogP contribution in [0.2, 0.25) is 5.02 Å². The summed E-state index contributed by atoms with van der Waals surface area (Å²) >= 11 is 7.41. The first-order valence-corrected chi connectivity index (χ1v) is 8.06. The smallest absolute Gasteiger partial charge is 0.140 e. The van der Waals surface area contributed by atoms with Gasteiger partial charge in [-0.15, -0.1) is 11.3 Å². The molecule has 2 rings (SSSR count). The Hall–Kier alpha value is -1.14. The van der Waals surface area contributed by atoms with E-state index in [9.17, 15) is 0 Å². The van der Waals surface area contributed by atoms with E-state index in [0.29, 0.717) is 18.2 Å². The molecule has 0 fully saturated rings. The van der Waals surface area contributed by atoms with Gasteiger partial charge in [-0.3, -0.25) is 0 Å². The number of benzene rings is 1. The number of aromatic nitrogens is 1. The lowest BCUT2D eigenvalue weighted by atomic mass is 10.2. The Morgan fingerprint density at radius 2 is 2.14 bits per heavy atom. The first kappa shape index (κ1) is 16.2. The Morgan fingerprint density at radius 1 is 1.38 bits per heavy atom. The minimum atomic E-state index is 0.199. The normalized spacial score (nSPS) is 12.3. The quantitative estimate of drug-likeness (QED) is 0.782. The molecule has 0 bridgehead atoms. The molecule has 1 heterocycles. The third-order valence-electron chi connectivity index (χ3n) is 2.89. The van der Waals surface area contributed by atoms with E-state index in [-0.39, 0.29) is 12.5 Å². The van der Waals surface area contributed by atoms with Crippen molar-refractivity contribution in [2.24, 2.45) is 5.92 Å². The lowest BCUT2D eigenvalue weighted by molar-refractivity contribution is 0.233. The van der Waals surface area contributed by atoms with Crippen molar-refractivity contribution < 1.29 is 9.84 Å². The van der Waals surface area contributed by atoms with Gasteiger partial charge in [0.15, 0.2) is 0 Å². The van der Waals surface area contributed by atoms with E-state index in [1.807, 2.05) is 24.4 Å². The highest BCUT2D eigenvalue weighted by Crippen LogP contribution is 2.18. The SMILES string of the molecule is CC(CO)CNCc1csc(COc2ccc(Cl)cc2)n1. The van der Waals surface area contributed by atoms with Crippen LogP contribution in [0.15, 0.2) is 29.6 Å². The lowest BCUT2D eigenvalue weighted by Crippen LogP contribution is -2.22. The van der Waals surface area contributed by atoms with Gasteiger partial charge in [0.1, 0.15) is 17.4 Å². The summed E-state index contributed by atoms with van der Waals surface area (Å²) in [6, 6.07) is 7.29. The van der Waals surface area contributed by atoms with Gasteiger partial charge in [-0.25, -0.2) is 4.98 Å². The molecule has 2 N–H and O–H groups in total. The highest BCUT2D eigenvalue weighted by Gasteiger charge is 2.04. The number of rotatable bonds is 8. The molecule has 1 aromatic carbocycles. The van der Waals surface area contributed by atoms with Crippen molar-refractivity contribution in [3.8, 4) is 5.75 Å². The van der Waals surface area contributed by atoms with Gasteiger partial charge in [-0.2, -0.15) is 0 Å². The third-order valence-corrected chi connectivity index (χ3v) is 4.01. The Morgan fingerprint density at radius 3 is 2.86 bits per heavy atom. The maximum absolute atomic E-state index is 8.95. The Bertz CT molecular complexity index is 545. The molecule has 0 amide bonds. The molecule has 0 saturated carbocycles. The monoisotopic (exact) mass is 326 g/mol. The van der Waals surface area contributed by atoms with Crippen LogP contribution in [-0.4, -0.2) is 23.2 Å². The van der Waals surface area contributed by atoms with Crippen molar-refractivity contribution >= 4 is 22.9 Å². The molecule has 4 nitrogen and oxygen atoms in total. The van der Waals surface area contributed by atoms with Crippen LogP contribution < -0.4 is 10.1 Å². The third kappa shape index (κ3) is 5.63. The van der Waals surface area contributed by atoms with Gasteiger partial charge in [0.2, 0.25) is 0 Å². The molecule has 2 aromatic rings. The van der Waals surface area contributed by atoms with E-state index >= 15 is 0 Å². The molecule has 0 aliphatic heterocycles. The van der Waals surface area contributed by atoms with E-state index in [2.05, 4.69) is 10.3 Å². The topological polar surface area (TPSA) is 54.4 Å². The largest absolute Gasteiger partial charge is 0.486 e. The van der Waals surface area contributed by atoms with Crippen molar-refractivity contribution in [2.75, 3.05) is 13.2 Å². The number of aliphatic hydroxyl groups is 1. The summed E-state index contributed by atoms with van der Waals surface area (Å²) in [5, 5.41) is 15.9. The Labute approximate surface area is 133 Å². The predicted molar refractivity (Wildman–Crippen MR) is 85.9 cm³/mol. The van der Waals surface area contributed by atoms with E-state index in [0.717, 1.165) is 23.0 Å². The second-order valence-electron chi connectivity index (χ2n) is 4.89. The van der Waals surface area contributed by atoms with E-state index in [1.54, 1.807) is 23.5 Å². The molecular weight excluding hydrogens is 308 g/mol. The van der Waals surface area contributed by atoms with Crippen LogP contribution in [0.25, 0.3) is 0 Å². The van der Waals surface area contributed by atoms with Crippen LogP contribution in [0.1, 0.15) is 17.6 Å². The first-order chi connectivity index (χ1) is 10.2. The summed E-state index contributed by atoms with van der Waals surface area (Å²) < 4.78 is 5.66. The van der Waals surface area contributed by atoms with Crippen molar-refractivity contribution in [3.63, 3.8) is 0 Å². The number of halogens is 1. The molecular formula is C15H19ClN2O2S. The minimum absolute atomic E-state index is 0.199. The zero-order chi connectivity index (χ0) is 15.1. The number of ether oxygens (including phenoxy) is 1. The van der Waals surface area contributed by atoms with Gasteiger partial charge in [0.05, 0.1) is 5.69 Å². The zero-order valence-electron chi connectivity index (χ0n) is 11.9. The average Bonchev–Trinajstić information content (AvgIpc) is 2.94. The molecule has 1 unspecified atom stereocenters.